The number of sulfone groups is 1. The van der Waals surface area contributed by atoms with Crippen LogP contribution in [0.5, 0.6) is 5.75 Å². The number of nitrogens with two attached hydrogens (primary N) is 1. The second-order valence-electron chi connectivity index (χ2n) is 3.15. The molecule has 17 heavy (non-hydrogen) atoms. The van der Waals surface area contributed by atoms with E-state index in [9.17, 15) is 21.6 Å². The molecule has 1 aromatic carbocycles. The van der Waals surface area contributed by atoms with Crippen LogP contribution in [0, 0.1) is 0 Å². The number of anilines is 1. The van der Waals surface area contributed by atoms with E-state index in [1.165, 1.54) is 6.92 Å². The topological polar surface area (TPSA) is 69.4 Å². The Balaban J connectivity index is 3.11. The molecule has 2 N–H and O–H groups in total. The maximum absolute atomic E-state index is 11.9. The van der Waals surface area contributed by atoms with Gasteiger partial charge in [-0.05, 0) is 12.1 Å². The van der Waals surface area contributed by atoms with Crippen molar-refractivity contribution < 1.29 is 26.3 Å². The molecule has 0 saturated heterocycles. The van der Waals surface area contributed by atoms with Crippen LogP contribution >= 0.6 is 0 Å². The Hall–Kier alpha value is -1.44. The Morgan fingerprint density at radius 1 is 1.35 bits per heavy atom. The quantitative estimate of drug-likeness (QED) is 0.852. The third kappa shape index (κ3) is 3.52. The van der Waals surface area contributed by atoms with Gasteiger partial charge < -0.3 is 10.5 Å². The summed E-state index contributed by atoms with van der Waals surface area (Å²) in [5, 5.41) is 0. The Kier molecular flexibility index (Phi) is 3.56. The summed E-state index contributed by atoms with van der Waals surface area (Å²) in [7, 11) is -3.55. The minimum absolute atomic E-state index is 0.184. The Labute approximate surface area is 96.1 Å². The first kappa shape index (κ1) is 13.6. The van der Waals surface area contributed by atoms with Crippen LogP contribution in [0.25, 0.3) is 0 Å². The highest BCUT2D eigenvalue weighted by Gasteiger charge is 2.31. The number of rotatable bonds is 3. The van der Waals surface area contributed by atoms with Crippen LogP contribution in [0.4, 0.5) is 18.9 Å². The fourth-order valence-electron chi connectivity index (χ4n) is 1.16. The first-order chi connectivity index (χ1) is 7.65. The molecule has 0 aliphatic carbocycles. The van der Waals surface area contributed by atoms with Gasteiger partial charge in [0.25, 0.3) is 0 Å². The predicted octanol–water partition coefficient (Wildman–Crippen LogP) is 1.96. The molecule has 0 unspecified atom stereocenters. The van der Waals surface area contributed by atoms with E-state index in [1.807, 2.05) is 0 Å². The molecule has 0 radical (unpaired) electrons. The average molecular weight is 269 g/mol. The number of nitrogen functional groups attached to an aromatic ring is 1. The molecule has 0 atom stereocenters. The lowest BCUT2D eigenvalue weighted by Crippen LogP contribution is -2.17. The van der Waals surface area contributed by atoms with Gasteiger partial charge in [-0.25, -0.2) is 8.42 Å². The van der Waals surface area contributed by atoms with Crippen molar-refractivity contribution in [3.63, 3.8) is 0 Å². The zero-order chi connectivity index (χ0) is 13.3. The van der Waals surface area contributed by atoms with Gasteiger partial charge in [-0.2, -0.15) is 0 Å². The van der Waals surface area contributed by atoms with Crippen molar-refractivity contribution in [2.24, 2.45) is 0 Å². The molecule has 0 aliphatic rings. The van der Waals surface area contributed by atoms with Gasteiger partial charge in [0, 0.05) is 6.07 Å². The van der Waals surface area contributed by atoms with Crippen molar-refractivity contribution in [2.45, 2.75) is 18.2 Å². The van der Waals surface area contributed by atoms with Crippen molar-refractivity contribution in [3.05, 3.63) is 18.2 Å². The highest BCUT2D eigenvalue weighted by atomic mass is 32.2. The van der Waals surface area contributed by atoms with E-state index in [0.717, 1.165) is 18.2 Å². The summed E-state index contributed by atoms with van der Waals surface area (Å²) in [5.41, 5.74) is 5.11. The van der Waals surface area contributed by atoms with Crippen molar-refractivity contribution in [1.29, 1.82) is 0 Å². The second kappa shape index (κ2) is 4.44. The molecule has 1 rings (SSSR count). The SMILES string of the molecule is CCS(=O)(=O)c1ccc(OC(F)(F)F)cc1N. The highest BCUT2D eigenvalue weighted by molar-refractivity contribution is 7.91. The van der Waals surface area contributed by atoms with Gasteiger partial charge in [-0.1, -0.05) is 6.92 Å². The Morgan fingerprint density at radius 2 is 1.94 bits per heavy atom. The zero-order valence-corrected chi connectivity index (χ0v) is 9.60. The summed E-state index contributed by atoms with van der Waals surface area (Å²) < 4.78 is 62.2. The first-order valence-corrected chi connectivity index (χ1v) is 6.19. The fourth-order valence-corrected chi connectivity index (χ4v) is 2.17. The summed E-state index contributed by atoms with van der Waals surface area (Å²) in [6, 6.07) is 2.73. The van der Waals surface area contributed by atoms with E-state index in [2.05, 4.69) is 4.74 Å². The molecule has 0 aliphatic heterocycles. The zero-order valence-electron chi connectivity index (χ0n) is 8.78. The Bertz CT molecular complexity index is 511. The maximum atomic E-state index is 11.9. The Morgan fingerprint density at radius 3 is 2.35 bits per heavy atom. The molecule has 4 nitrogen and oxygen atoms in total. The summed E-state index contributed by atoms with van der Waals surface area (Å²) >= 11 is 0. The van der Waals surface area contributed by atoms with Crippen LogP contribution in [0.1, 0.15) is 6.92 Å². The van der Waals surface area contributed by atoms with E-state index < -0.39 is 21.9 Å². The van der Waals surface area contributed by atoms with E-state index in [1.54, 1.807) is 0 Å². The minimum Gasteiger partial charge on any atom is -0.406 e. The normalized spacial score (nSPS) is 12.5. The van der Waals surface area contributed by atoms with E-state index in [4.69, 9.17) is 5.73 Å². The van der Waals surface area contributed by atoms with Crippen LogP contribution < -0.4 is 10.5 Å². The number of ether oxygens (including phenoxy) is 1. The van der Waals surface area contributed by atoms with E-state index >= 15 is 0 Å². The van der Waals surface area contributed by atoms with Gasteiger partial charge in [-0.15, -0.1) is 13.2 Å². The van der Waals surface area contributed by atoms with Crippen molar-refractivity contribution >= 4 is 15.5 Å². The van der Waals surface area contributed by atoms with Crippen molar-refractivity contribution in [2.75, 3.05) is 11.5 Å². The molecule has 0 fully saturated rings. The van der Waals surface area contributed by atoms with Crippen LogP contribution in [-0.4, -0.2) is 20.5 Å². The summed E-state index contributed by atoms with van der Waals surface area (Å²) in [5.74, 6) is -0.735. The van der Waals surface area contributed by atoms with Crippen LogP contribution in [-0.2, 0) is 9.84 Å². The molecule has 0 aromatic heterocycles. The maximum Gasteiger partial charge on any atom is 0.573 e. The standard InChI is InChI=1S/C9H10F3NO3S/c1-2-17(14,15)8-4-3-6(5-7(8)13)16-9(10,11)12/h3-5H,2,13H2,1H3. The molecular weight excluding hydrogens is 259 g/mol. The number of hydrogen-bond donors (Lipinski definition) is 1. The molecular formula is C9H10F3NO3S. The summed E-state index contributed by atoms with van der Waals surface area (Å²) in [4.78, 5) is -0.200. The van der Waals surface area contributed by atoms with E-state index in [-0.39, 0.29) is 16.3 Å². The number of alkyl halides is 3. The largest absolute Gasteiger partial charge is 0.573 e. The molecule has 0 heterocycles. The van der Waals surface area contributed by atoms with Gasteiger partial charge in [0.2, 0.25) is 0 Å². The van der Waals surface area contributed by atoms with Gasteiger partial charge in [-0.3, -0.25) is 0 Å². The van der Waals surface area contributed by atoms with Gasteiger partial charge >= 0.3 is 6.36 Å². The third-order valence-electron chi connectivity index (χ3n) is 1.93. The van der Waals surface area contributed by atoms with Crippen molar-refractivity contribution in [1.82, 2.24) is 0 Å². The molecule has 0 bridgehead atoms. The molecule has 1 aromatic rings. The molecule has 0 amide bonds. The predicted molar refractivity (Wildman–Crippen MR) is 55.3 cm³/mol. The fraction of sp³-hybridized carbons (Fsp3) is 0.333. The lowest BCUT2D eigenvalue weighted by Gasteiger charge is -2.11. The molecule has 0 saturated carbocycles. The van der Waals surface area contributed by atoms with Gasteiger partial charge in [0.1, 0.15) is 5.75 Å². The average Bonchev–Trinajstić information content (AvgIpc) is 2.14. The highest BCUT2D eigenvalue weighted by Crippen LogP contribution is 2.28. The number of halogens is 3. The smallest absolute Gasteiger partial charge is 0.406 e. The lowest BCUT2D eigenvalue weighted by molar-refractivity contribution is -0.274. The lowest BCUT2D eigenvalue weighted by atomic mass is 10.3. The van der Waals surface area contributed by atoms with Gasteiger partial charge in [0.05, 0.1) is 16.3 Å². The third-order valence-corrected chi connectivity index (χ3v) is 3.73. The molecule has 96 valence electrons. The van der Waals surface area contributed by atoms with Crippen LogP contribution in [0.2, 0.25) is 0 Å². The molecule has 8 heteroatoms. The number of hydrogen-bond acceptors (Lipinski definition) is 4. The summed E-state index contributed by atoms with van der Waals surface area (Å²) in [6.07, 6.45) is -4.84. The first-order valence-electron chi connectivity index (χ1n) is 4.54. The van der Waals surface area contributed by atoms with Gasteiger partial charge in [0.15, 0.2) is 9.84 Å². The molecule has 0 spiro atoms. The second-order valence-corrected chi connectivity index (χ2v) is 5.40. The van der Waals surface area contributed by atoms with E-state index in [0.29, 0.717) is 0 Å². The van der Waals surface area contributed by atoms with Crippen LogP contribution in [0.3, 0.4) is 0 Å². The monoisotopic (exact) mass is 269 g/mol. The summed E-state index contributed by atoms with van der Waals surface area (Å²) in [6.45, 7) is 1.41. The van der Waals surface area contributed by atoms with Crippen molar-refractivity contribution in [3.8, 4) is 5.75 Å². The minimum atomic E-state index is -4.84. The number of benzene rings is 1. The van der Waals surface area contributed by atoms with Crippen LogP contribution in [0.15, 0.2) is 23.1 Å².